The lowest BCUT2D eigenvalue weighted by atomic mass is 10.00. The molecule has 0 spiro atoms. The Balaban J connectivity index is 0.000000152. The van der Waals surface area contributed by atoms with Gasteiger partial charge in [-0.15, -0.1) is 0 Å². The van der Waals surface area contributed by atoms with Gasteiger partial charge in [-0.25, -0.2) is 39.5 Å². The van der Waals surface area contributed by atoms with E-state index in [2.05, 4.69) is 91.7 Å². The van der Waals surface area contributed by atoms with Crippen molar-refractivity contribution in [1.82, 2.24) is 40.1 Å². The Hall–Kier alpha value is -5.88. The van der Waals surface area contributed by atoms with E-state index in [0.29, 0.717) is 11.6 Å². The molecule has 2 atom stereocenters. The summed E-state index contributed by atoms with van der Waals surface area (Å²) in [6.45, 7) is 11.6. The molecule has 0 aliphatic carbocycles. The molecule has 10 rings (SSSR count). The number of anilines is 8. The van der Waals surface area contributed by atoms with Crippen LogP contribution in [0, 0.1) is 0 Å². The van der Waals surface area contributed by atoms with Gasteiger partial charge in [-0.1, -0.05) is 0 Å². The number of aromatic nitrogens is 6. The maximum Gasteiger partial charge on any atom is 0.329 e. The van der Waals surface area contributed by atoms with Crippen LogP contribution in [0.5, 0.6) is 0 Å². The molecule has 59 heavy (non-hydrogen) atoms. The number of urea groups is 2. The fraction of sp³-hybridized carbons (Fsp3) is 0.512. The Kier molecular flexibility index (Phi) is 11.5. The summed E-state index contributed by atoms with van der Waals surface area (Å²) >= 11 is 0. The predicted octanol–water partition coefficient (Wildman–Crippen LogP) is 3.73. The average Bonchev–Trinajstić information content (AvgIpc) is 3.68. The number of likely N-dealkylation sites (N-methyl/N-ethyl adjacent to an activating group) is 1. The molecule has 4 amide bonds. The van der Waals surface area contributed by atoms with Gasteiger partial charge in [0.2, 0.25) is 0 Å². The Morgan fingerprint density at radius 3 is 1.69 bits per heavy atom. The minimum atomic E-state index is -0.182. The van der Waals surface area contributed by atoms with Gasteiger partial charge in [0.15, 0.2) is 11.6 Å². The highest BCUT2D eigenvalue weighted by Crippen LogP contribution is 2.41. The number of piperidine rings is 2. The van der Waals surface area contributed by atoms with Gasteiger partial charge in [0.05, 0.1) is 23.5 Å². The van der Waals surface area contributed by atoms with Crippen molar-refractivity contribution in [2.24, 2.45) is 0 Å². The van der Waals surface area contributed by atoms with Gasteiger partial charge < -0.3 is 29.8 Å². The van der Waals surface area contributed by atoms with Crippen molar-refractivity contribution >= 4 is 58.3 Å². The van der Waals surface area contributed by atoms with Gasteiger partial charge in [0.25, 0.3) is 0 Å². The molecule has 4 aromatic rings. The molecule has 0 unspecified atom stereocenters. The molecule has 10 heterocycles. The average molecular weight is 803 g/mol. The number of carbonyl (C=O) groups excluding carboxylic acids is 2. The summed E-state index contributed by atoms with van der Waals surface area (Å²) < 4.78 is 0. The summed E-state index contributed by atoms with van der Waals surface area (Å²) in [6, 6.07) is 11.7. The Labute approximate surface area is 345 Å². The van der Waals surface area contributed by atoms with E-state index in [9.17, 15) is 9.59 Å². The summed E-state index contributed by atoms with van der Waals surface area (Å²) in [4.78, 5) is 68.1. The second-order valence-electron chi connectivity index (χ2n) is 16.0. The molecule has 3 N–H and O–H groups in total. The third-order valence-electron chi connectivity index (χ3n) is 12.1. The summed E-state index contributed by atoms with van der Waals surface area (Å²) in [7, 11) is 2.16. The number of nitrogens with zero attached hydrogens (tertiary/aromatic N) is 13. The first-order valence-corrected chi connectivity index (χ1v) is 21.1. The number of fused-ring (bicyclic) bond motifs is 8. The van der Waals surface area contributed by atoms with E-state index in [1.54, 1.807) is 24.5 Å². The van der Waals surface area contributed by atoms with E-state index in [4.69, 9.17) is 9.97 Å². The first-order valence-electron chi connectivity index (χ1n) is 21.1. The van der Waals surface area contributed by atoms with E-state index in [0.717, 1.165) is 152 Å². The van der Waals surface area contributed by atoms with Crippen LogP contribution in [-0.4, -0.2) is 145 Å². The van der Waals surface area contributed by atoms with Crippen LogP contribution in [0.4, 0.5) is 55.9 Å². The highest BCUT2D eigenvalue weighted by molar-refractivity contribution is 6.05. The van der Waals surface area contributed by atoms with Gasteiger partial charge >= 0.3 is 12.1 Å². The van der Waals surface area contributed by atoms with Crippen LogP contribution >= 0.6 is 0 Å². The van der Waals surface area contributed by atoms with Gasteiger partial charge in [0.1, 0.15) is 35.9 Å². The SMILES string of the molecule is CN1CCCN(c2ccc3c(n2)N(C(=O)Nc2ccncn2)[C@H]2CCCN3C2)CC1.O=C(Nc1ccncn1)N1c2nc(N3CCCNCC3)ccc2N2CCC[C@H]1C2. The highest BCUT2D eigenvalue weighted by atomic mass is 16.2. The zero-order valence-corrected chi connectivity index (χ0v) is 33.8. The van der Waals surface area contributed by atoms with E-state index in [1.807, 2.05) is 9.80 Å². The number of hydrogen-bond donors (Lipinski definition) is 3. The number of carbonyl (C=O) groups is 2. The van der Waals surface area contributed by atoms with Crippen molar-refractivity contribution in [3.8, 4) is 0 Å². The van der Waals surface area contributed by atoms with Crippen LogP contribution in [0.15, 0.2) is 61.4 Å². The van der Waals surface area contributed by atoms with Crippen molar-refractivity contribution in [3.05, 3.63) is 61.4 Å². The Morgan fingerprint density at radius 1 is 0.593 bits per heavy atom. The van der Waals surface area contributed by atoms with Crippen molar-refractivity contribution in [1.29, 1.82) is 0 Å². The van der Waals surface area contributed by atoms with Crippen molar-refractivity contribution in [3.63, 3.8) is 0 Å². The second kappa shape index (κ2) is 17.5. The summed E-state index contributed by atoms with van der Waals surface area (Å²) in [5.74, 6) is 4.40. The number of amides is 4. The highest BCUT2D eigenvalue weighted by Gasteiger charge is 2.40. The molecule has 18 heteroatoms. The first kappa shape index (κ1) is 38.6. The smallest absolute Gasteiger partial charge is 0.329 e. The van der Waals surface area contributed by atoms with E-state index >= 15 is 0 Å². The van der Waals surface area contributed by atoms with Crippen LogP contribution in [0.1, 0.15) is 38.5 Å². The second-order valence-corrected chi connectivity index (χ2v) is 16.0. The topological polar surface area (TPSA) is 170 Å². The fourth-order valence-electron chi connectivity index (χ4n) is 9.12. The predicted molar refractivity (Wildman–Crippen MR) is 230 cm³/mol. The molecule has 0 saturated carbocycles. The van der Waals surface area contributed by atoms with Gasteiger partial charge in [0, 0.05) is 77.8 Å². The summed E-state index contributed by atoms with van der Waals surface area (Å²) in [5.41, 5.74) is 2.08. The molecule has 6 aliphatic heterocycles. The van der Waals surface area contributed by atoms with Crippen LogP contribution in [-0.2, 0) is 0 Å². The molecule has 4 fully saturated rings. The van der Waals surface area contributed by atoms with Crippen molar-refractivity contribution in [2.45, 2.75) is 50.6 Å². The zero-order valence-electron chi connectivity index (χ0n) is 33.8. The Bertz CT molecular complexity index is 2070. The largest absolute Gasteiger partial charge is 0.366 e. The van der Waals surface area contributed by atoms with E-state index in [-0.39, 0.29) is 24.1 Å². The quantitative estimate of drug-likeness (QED) is 0.273. The summed E-state index contributed by atoms with van der Waals surface area (Å²) in [5, 5.41) is 9.28. The molecule has 310 valence electrons. The lowest BCUT2D eigenvalue weighted by Gasteiger charge is -2.46. The normalized spacial score (nSPS) is 21.6. The zero-order chi connectivity index (χ0) is 40.1. The lowest BCUT2D eigenvalue weighted by molar-refractivity contribution is 0.251. The van der Waals surface area contributed by atoms with Crippen LogP contribution in [0.25, 0.3) is 0 Å². The molecular weight excluding hydrogens is 749 g/mol. The number of pyridine rings is 2. The Morgan fingerprint density at radius 2 is 1.14 bits per heavy atom. The third-order valence-corrected chi connectivity index (χ3v) is 12.1. The molecule has 0 aromatic carbocycles. The first-order chi connectivity index (χ1) is 29.0. The summed E-state index contributed by atoms with van der Waals surface area (Å²) in [6.07, 6.45) is 12.4. The number of rotatable bonds is 4. The lowest BCUT2D eigenvalue weighted by Crippen LogP contribution is -2.56. The molecular formula is C41H54N16O2. The minimum Gasteiger partial charge on any atom is -0.366 e. The maximum absolute atomic E-state index is 13.3. The fourth-order valence-corrected chi connectivity index (χ4v) is 9.12. The van der Waals surface area contributed by atoms with Gasteiger partial charge in [-0.3, -0.25) is 20.4 Å². The minimum absolute atomic E-state index is 0.117. The standard InChI is InChI=1S/C21H28N8O.C20H26N8O/c1-26-9-3-11-27(13-12-26)19-6-5-17-20(25-19)29(16-4-2-10-28(17)14-16)21(30)24-18-7-8-22-15-23-18;29-20(24-17-6-8-22-14-23-17)28-15-3-1-10-27(13-15)16-4-5-18(25-19(16)28)26-11-2-7-21-9-12-26/h5-8,15-16H,2-4,9-14H2,1H3,(H,22,23,24,30);4-6,8,14-15,21H,1-3,7,9-13H2,(H,22,23,24,29)/t16-;15-/m00/s1. The van der Waals surface area contributed by atoms with Crippen LogP contribution in [0.3, 0.4) is 0 Å². The molecule has 6 aliphatic rings. The molecule has 0 radical (unpaired) electrons. The monoisotopic (exact) mass is 802 g/mol. The molecule has 18 nitrogen and oxygen atoms in total. The van der Waals surface area contributed by atoms with E-state index in [1.165, 1.54) is 12.7 Å². The van der Waals surface area contributed by atoms with Crippen LogP contribution in [0.2, 0.25) is 0 Å². The molecule has 4 aromatic heterocycles. The molecule has 4 saturated heterocycles. The number of nitrogens with one attached hydrogen (secondary N) is 3. The van der Waals surface area contributed by atoms with Crippen LogP contribution < -0.4 is 45.3 Å². The number of hydrogen-bond acceptors (Lipinski definition) is 14. The molecule has 4 bridgehead atoms. The van der Waals surface area contributed by atoms with E-state index < -0.39 is 0 Å². The van der Waals surface area contributed by atoms with Gasteiger partial charge in [-0.2, -0.15) is 0 Å². The third kappa shape index (κ3) is 8.50. The van der Waals surface area contributed by atoms with Crippen molar-refractivity contribution in [2.75, 3.05) is 126 Å². The van der Waals surface area contributed by atoms with Crippen molar-refractivity contribution < 1.29 is 9.59 Å². The van der Waals surface area contributed by atoms with Gasteiger partial charge in [-0.05, 0) is 95.1 Å². The maximum atomic E-state index is 13.3.